The van der Waals surface area contributed by atoms with Gasteiger partial charge >= 0.3 is 0 Å². The highest BCUT2D eigenvalue weighted by Gasteiger charge is 2.24. The van der Waals surface area contributed by atoms with E-state index in [0.717, 1.165) is 0 Å². The van der Waals surface area contributed by atoms with Crippen molar-refractivity contribution in [3.8, 4) is 0 Å². The van der Waals surface area contributed by atoms with Gasteiger partial charge in [-0.3, -0.25) is 9.59 Å². The fourth-order valence-corrected chi connectivity index (χ4v) is 3.10. The highest BCUT2D eigenvalue weighted by Crippen LogP contribution is 2.22. The Balaban J connectivity index is 3.01. The number of hydrogen-bond acceptors (Lipinski definition) is 4. The van der Waals surface area contributed by atoms with E-state index in [-0.39, 0.29) is 28.6 Å². The summed E-state index contributed by atoms with van der Waals surface area (Å²) >= 11 is 0. The monoisotopic (exact) mass is 230 g/mol. The Labute approximate surface area is 89.3 Å². The van der Waals surface area contributed by atoms with Gasteiger partial charge in [0.2, 0.25) is 0 Å². The molecule has 0 radical (unpaired) electrons. The summed E-state index contributed by atoms with van der Waals surface area (Å²) in [7, 11) is -2.96. The van der Waals surface area contributed by atoms with Crippen LogP contribution in [0, 0.1) is 0 Å². The van der Waals surface area contributed by atoms with Crippen LogP contribution >= 0.6 is 0 Å². The maximum Gasteiger partial charge on any atom is 0.163 e. The van der Waals surface area contributed by atoms with E-state index in [4.69, 9.17) is 0 Å². The van der Waals surface area contributed by atoms with Gasteiger partial charge < -0.3 is 0 Å². The van der Waals surface area contributed by atoms with Crippen LogP contribution in [0.5, 0.6) is 0 Å². The maximum atomic E-state index is 11.2. The molecule has 0 bridgehead atoms. The molecule has 1 rings (SSSR count). The molecule has 84 valence electrons. The van der Waals surface area contributed by atoms with E-state index in [1.807, 2.05) is 0 Å². The number of carbonyl (C=O) groups is 2. The van der Waals surface area contributed by atoms with E-state index < -0.39 is 9.84 Å². The fraction of sp³-hybridized carbons (Fsp3) is 0.600. The molecule has 4 nitrogen and oxygen atoms in total. The van der Waals surface area contributed by atoms with Gasteiger partial charge in [-0.15, -0.1) is 0 Å². The lowest BCUT2D eigenvalue weighted by atomic mass is 9.97. The van der Waals surface area contributed by atoms with Crippen molar-refractivity contribution in [1.29, 1.82) is 0 Å². The molecule has 0 spiro atoms. The first-order chi connectivity index (χ1) is 6.83. The summed E-state index contributed by atoms with van der Waals surface area (Å²) in [5, 5.41) is 0. The van der Waals surface area contributed by atoms with Crippen LogP contribution in [0.4, 0.5) is 0 Å². The Kier molecular flexibility index (Phi) is 3.44. The molecule has 5 heteroatoms. The number of ketones is 2. The third kappa shape index (κ3) is 2.99. The van der Waals surface area contributed by atoms with Crippen LogP contribution in [0.15, 0.2) is 11.1 Å². The third-order valence-electron chi connectivity index (χ3n) is 2.49. The first-order valence-electron chi connectivity index (χ1n) is 4.78. The van der Waals surface area contributed by atoms with Crippen molar-refractivity contribution in [3.05, 3.63) is 11.1 Å². The quantitative estimate of drug-likeness (QED) is 0.397. The van der Waals surface area contributed by atoms with Crippen molar-refractivity contribution >= 4 is 21.4 Å². The van der Waals surface area contributed by atoms with Gasteiger partial charge in [0.25, 0.3) is 0 Å². The summed E-state index contributed by atoms with van der Waals surface area (Å²) in [6.07, 6.45) is 0.633. The van der Waals surface area contributed by atoms with Crippen molar-refractivity contribution in [1.82, 2.24) is 0 Å². The summed E-state index contributed by atoms with van der Waals surface area (Å²) < 4.78 is 22.3. The largest absolute Gasteiger partial charge is 0.294 e. The third-order valence-corrected chi connectivity index (χ3v) is 4.14. The molecule has 0 saturated carbocycles. The van der Waals surface area contributed by atoms with E-state index in [2.05, 4.69) is 0 Å². The smallest absolute Gasteiger partial charge is 0.163 e. The van der Waals surface area contributed by atoms with Gasteiger partial charge in [0.15, 0.2) is 21.4 Å². The molecule has 1 saturated heterocycles. The number of sulfone groups is 1. The van der Waals surface area contributed by atoms with Gasteiger partial charge in [-0.05, 0) is 26.7 Å². The minimum atomic E-state index is -2.96. The second-order valence-electron chi connectivity index (χ2n) is 3.74. The van der Waals surface area contributed by atoms with Gasteiger partial charge in [0.05, 0.1) is 17.1 Å². The minimum Gasteiger partial charge on any atom is -0.294 e. The SMILES string of the molecule is CC(=O)C(C(C)=O)=C1CCS(=O)(=O)CC1. The van der Waals surface area contributed by atoms with Crippen molar-refractivity contribution in [2.24, 2.45) is 0 Å². The van der Waals surface area contributed by atoms with E-state index >= 15 is 0 Å². The predicted octanol–water partition coefficient (Wildman–Crippen LogP) is 0.670. The Morgan fingerprint density at radius 2 is 1.40 bits per heavy atom. The van der Waals surface area contributed by atoms with E-state index in [1.54, 1.807) is 0 Å². The molecular formula is C10H14O4S. The maximum absolute atomic E-state index is 11.2. The highest BCUT2D eigenvalue weighted by atomic mass is 32.2. The van der Waals surface area contributed by atoms with Crippen LogP contribution in [-0.2, 0) is 19.4 Å². The van der Waals surface area contributed by atoms with E-state index in [9.17, 15) is 18.0 Å². The van der Waals surface area contributed by atoms with Crippen molar-refractivity contribution in [2.45, 2.75) is 26.7 Å². The molecule has 1 aliphatic rings. The van der Waals surface area contributed by atoms with Gasteiger partial charge in [0.1, 0.15) is 0 Å². The zero-order valence-corrected chi connectivity index (χ0v) is 9.69. The van der Waals surface area contributed by atoms with Crippen LogP contribution in [0.25, 0.3) is 0 Å². The van der Waals surface area contributed by atoms with Gasteiger partial charge in [-0.2, -0.15) is 0 Å². The van der Waals surface area contributed by atoms with Crippen LogP contribution in [0.2, 0.25) is 0 Å². The summed E-state index contributed by atoms with van der Waals surface area (Å²) in [4.78, 5) is 22.4. The van der Waals surface area contributed by atoms with Crippen LogP contribution < -0.4 is 0 Å². The molecule has 0 amide bonds. The molecule has 1 heterocycles. The molecule has 0 aromatic carbocycles. The molecule has 0 aromatic heterocycles. The number of carbonyl (C=O) groups excluding carboxylic acids is 2. The lowest BCUT2D eigenvalue weighted by Crippen LogP contribution is -2.21. The van der Waals surface area contributed by atoms with Gasteiger partial charge in [-0.25, -0.2) is 8.42 Å². The fourth-order valence-electron chi connectivity index (χ4n) is 1.78. The molecule has 0 aromatic rings. The number of rotatable bonds is 2. The molecule has 15 heavy (non-hydrogen) atoms. The highest BCUT2D eigenvalue weighted by molar-refractivity contribution is 7.91. The Bertz CT molecular complexity index is 396. The second-order valence-corrected chi connectivity index (χ2v) is 6.05. The first kappa shape index (κ1) is 12.1. The van der Waals surface area contributed by atoms with E-state index in [0.29, 0.717) is 18.4 Å². The average Bonchev–Trinajstić information content (AvgIpc) is 2.07. The molecule has 0 N–H and O–H groups in total. The molecule has 0 aliphatic carbocycles. The molecule has 1 aliphatic heterocycles. The lowest BCUT2D eigenvalue weighted by molar-refractivity contribution is -0.119. The average molecular weight is 230 g/mol. The molecular weight excluding hydrogens is 216 g/mol. The van der Waals surface area contributed by atoms with Crippen LogP contribution in [0.1, 0.15) is 26.7 Å². The summed E-state index contributed by atoms with van der Waals surface area (Å²) in [6, 6.07) is 0. The van der Waals surface area contributed by atoms with Crippen LogP contribution in [-0.4, -0.2) is 31.5 Å². The van der Waals surface area contributed by atoms with Crippen molar-refractivity contribution < 1.29 is 18.0 Å². The molecule has 1 fully saturated rings. The van der Waals surface area contributed by atoms with Gasteiger partial charge in [0, 0.05) is 0 Å². The summed E-state index contributed by atoms with van der Waals surface area (Å²) in [5.74, 6) is -0.438. The molecule has 0 unspecified atom stereocenters. The van der Waals surface area contributed by atoms with Crippen molar-refractivity contribution in [3.63, 3.8) is 0 Å². The number of Topliss-reactive ketones (excluding diaryl/α,β-unsaturated/α-hetero) is 2. The zero-order valence-electron chi connectivity index (χ0n) is 8.87. The second kappa shape index (κ2) is 4.26. The lowest BCUT2D eigenvalue weighted by Gasteiger charge is -2.17. The Hall–Kier alpha value is -0.970. The normalized spacial score (nSPS) is 19.7. The Morgan fingerprint density at radius 1 is 1.00 bits per heavy atom. The predicted molar refractivity (Wildman–Crippen MR) is 56.3 cm³/mol. The van der Waals surface area contributed by atoms with Crippen molar-refractivity contribution in [2.75, 3.05) is 11.5 Å². The van der Waals surface area contributed by atoms with Crippen LogP contribution in [0.3, 0.4) is 0 Å². The van der Waals surface area contributed by atoms with Gasteiger partial charge in [-0.1, -0.05) is 5.57 Å². The number of hydrogen-bond donors (Lipinski definition) is 0. The number of allylic oxidation sites excluding steroid dienone is 2. The Morgan fingerprint density at radius 3 is 1.73 bits per heavy atom. The summed E-state index contributed by atoms with van der Waals surface area (Å²) in [5.41, 5.74) is 0.898. The zero-order chi connectivity index (χ0) is 11.6. The molecule has 0 atom stereocenters. The van der Waals surface area contributed by atoms with E-state index in [1.165, 1.54) is 13.8 Å². The topological polar surface area (TPSA) is 68.3 Å². The summed E-state index contributed by atoms with van der Waals surface area (Å²) in [6.45, 7) is 2.68. The minimum absolute atomic E-state index is 0.0480. The first-order valence-corrected chi connectivity index (χ1v) is 6.60. The standard InChI is InChI=1S/C10H14O4S/c1-7(11)10(8(2)12)9-3-5-15(13,14)6-4-9/h3-6H2,1-2H3.